The van der Waals surface area contributed by atoms with E-state index in [-0.39, 0.29) is 10.6 Å². The van der Waals surface area contributed by atoms with Crippen LogP contribution in [0.25, 0.3) is 0 Å². The molecule has 0 saturated heterocycles. The number of hydrogen-bond donors (Lipinski definition) is 1. The van der Waals surface area contributed by atoms with Gasteiger partial charge in [-0.05, 0) is 43.7 Å². The number of carbonyl (C=O) groups excluding carboxylic acids is 1. The number of carbonyl (C=O) groups is 1. The van der Waals surface area contributed by atoms with Crippen LogP contribution in [0, 0.1) is 6.92 Å². The lowest BCUT2D eigenvalue weighted by atomic mass is 10.2. The number of anilines is 1. The van der Waals surface area contributed by atoms with Crippen molar-refractivity contribution < 1.29 is 17.9 Å². The first-order valence-electron chi connectivity index (χ1n) is 7.10. The molecule has 1 N–H and O–H groups in total. The van der Waals surface area contributed by atoms with Crippen LogP contribution in [0.5, 0.6) is 5.75 Å². The minimum atomic E-state index is -3.42. The fraction of sp³-hybridized carbons (Fsp3) is 0.235. The predicted molar refractivity (Wildman–Crippen MR) is 89.5 cm³/mol. The van der Waals surface area contributed by atoms with E-state index in [0.717, 1.165) is 11.8 Å². The molecule has 0 aliphatic heterocycles. The van der Waals surface area contributed by atoms with Gasteiger partial charge in [-0.15, -0.1) is 0 Å². The van der Waals surface area contributed by atoms with Gasteiger partial charge in [0, 0.05) is 6.26 Å². The van der Waals surface area contributed by atoms with E-state index < -0.39 is 21.8 Å². The summed E-state index contributed by atoms with van der Waals surface area (Å²) >= 11 is 0. The van der Waals surface area contributed by atoms with Crippen molar-refractivity contribution in [2.24, 2.45) is 0 Å². The van der Waals surface area contributed by atoms with Gasteiger partial charge in [-0.3, -0.25) is 4.79 Å². The van der Waals surface area contributed by atoms with Gasteiger partial charge in [0.05, 0.1) is 10.6 Å². The highest BCUT2D eigenvalue weighted by Crippen LogP contribution is 2.21. The van der Waals surface area contributed by atoms with Crippen molar-refractivity contribution in [2.45, 2.75) is 24.8 Å². The summed E-state index contributed by atoms with van der Waals surface area (Å²) in [5.41, 5.74) is 1.28. The van der Waals surface area contributed by atoms with E-state index in [4.69, 9.17) is 4.74 Å². The van der Waals surface area contributed by atoms with Crippen LogP contribution in [0.15, 0.2) is 53.4 Å². The maximum absolute atomic E-state index is 12.2. The molecule has 6 heteroatoms. The molecule has 0 fully saturated rings. The van der Waals surface area contributed by atoms with Crippen LogP contribution in [-0.2, 0) is 14.6 Å². The number of ether oxygens (including phenoxy) is 1. The van der Waals surface area contributed by atoms with Crippen LogP contribution < -0.4 is 10.1 Å². The molecule has 23 heavy (non-hydrogen) atoms. The first kappa shape index (κ1) is 17.0. The summed E-state index contributed by atoms with van der Waals surface area (Å²) in [6.45, 7) is 3.54. The second-order valence-corrected chi connectivity index (χ2v) is 7.32. The summed E-state index contributed by atoms with van der Waals surface area (Å²) in [6, 6.07) is 13.6. The molecule has 0 aliphatic rings. The Balaban J connectivity index is 2.13. The summed E-state index contributed by atoms with van der Waals surface area (Å²) in [6.07, 6.45) is 0.342. The van der Waals surface area contributed by atoms with Gasteiger partial charge in [0.15, 0.2) is 15.9 Å². The van der Waals surface area contributed by atoms with Crippen molar-refractivity contribution in [3.63, 3.8) is 0 Å². The Morgan fingerprint density at radius 3 is 2.48 bits per heavy atom. The molecule has 2 aromatic rings. The summed E-state index contributed by atoms with van der Waals surface area (Å²) in [5.74, 6) is 0.173. The van der Waals surface area contributed by atoms with Crippen molar-refractivity contribution in [3.05, 3.63) is 54.1 Å². The van der Waals surface area contributed by atoms with Crippen LogP contribution >= 0.6 is 0 Å². The maximum atomic E-state index is 12.2. The molecule has 2 aromatic carbocycles. The zero-order valence-corrected chi connectivity index (χ0v) is 14.1. The molecule has 0 heterocycles. The van der Waals surface area contributed by atoms with Gasteiger partial charge >= 0.3 is 0 Å². The molecule has 0 aromatic heterocycles. The molecule has 0 saturated carbocycles. The Bertz CT molecular complexity index is 815. The van der Waals surface area contributed by atoms with Crippen molar-refractivity contribution in [3.8, 4) is 5.75 Å². The molecule has 1 unspecified atom stereocenters. The van der Waals surface area contributed by atoms with Crippen molar-refractivity contribution in [1.29, 1.82) is 0 Å². The molecule has 0 bridgehead atoms. The van der Waals surface area contributed by atoms with Crippen LogP contribution in [0.4, 0.5) is 5.69 Å². The standard InChI is InChI=1S/C17H19NO4S/c1-12-7-6-8-14(11-12)22-13(2)17(19)18-15-9-4-5-10-16(15)23(3,20)21/h4-11,13H,1-3H3,(H,18,19). The van der Waals surface area contributed by atoms with Gasteiger partial charge in [-0.1, -0.05) is 24.3 Å². The fourth-order valence-corrected chi connectivity index (χ4v) is 2.92. The van der Waals surface area contributed by atoms with Crippen molar-refractivity contribution in [2.75, 3.05) is 11.6 Å². The molecular weight excluding hydrogens is 314 g/mol. The minimum absolute atomic E-state index is 0.0797. The van der Waals surface area contributed by atoms with Crippen LogP contribution in [-0.4, -0.2) is 26.7 Å². The van der Waals surface area contributed by atoms with E-state index in [1.165, 1.54) is 6.07 Å². The Labute approximate surface area is 136 Å². The smallest absolute Gasteiger partial charge is 0.265 e. The second-order valence-electron chi connectivity index (χ2n) is 5.33. The lowest BCUT2D eigenvalue weighted by molar-refractivity contribution is -0.122. The highest BCUT2D eigenvalue weighted by molar-refractivity contribution is 7.90. The fourth-order valence-electron chi connectivity index (χ4n) is 2.07. The van der Waals surface area contributed by atoms with E-state index in [2.05, 4.69) is 5.32 Å². The first-order valence-corrected chi connectivity index (χ1v) is 9.00. The Kier molecular flexibility index (Phi) is 5.05. The molecular formula is C17H19NO4S. The molecule has 5 nitrogen and oxygen atoms in total. The average molecular weight is 333 g/mol. The number of nitrogens with one attached hydrogen (secondary N) is 1. The van der Waals surface area contributed by atoms with Crippen molar-refractivity contribution in [1.82, 2.24) is 0 Å². The lowest BCUT2D eigenvalue weighted by Gasteiger charge is -2.16. The normalized spacial score (nSPS) is 12.5. The van der Waals surface area contributed by atoms with Gasteiger partial charge in [-0.25, -0.2) is 8.42 Å². The van der Waals surface area contributed by atoms with Gasteiger partial charge in [0.2, 0.25) is 0 Å². The number of para-hydroxylation sites is 1. The van der Waals surface area contributed by atoms with Gasteiger partial charge in [0.25, 0.3) is 5.91 Å². The largest absolute Gasteiger partial charge is 0.481 e. The lowest BCUT2D eigenvalue weighted by Crippen LogP contribution is -2.30. The van der Waals surface area contributed by atoms with E-state index in [9.17, 15) is 13.2 Å². The first-order chi connectivity index (χ1) is 10.8. The van der Waals surface area contributed by atoms with E-state index in [1.807, 2.05) is 25.1 Å². The number of benzene rings is 2. The molecule has 122 valence electrons. The summed E-state index contributed by atoms with van der Waals surface area (Å²) in [4.78, 5) is 12.3. The number of sulfone groups is 1. The molecule has 2 rings (SSSR count). The SMILES string of the molecule is Cc1cccc(OC(C)C(=O)Nc2ccccc2S(C)(=O)=O)c1. The van der Waals surface area contributed by atoms with Crippen molar-refractivity contribution >= 4 is 21.4 Å². The molecule has 0 aliphatic carbocycles. The number of hydrogen-bond acceptors (Lipinski definition) is 4. The van der Waals surface area contributed by atoms with Crippen LogP contribution in [0.3, 0.4) is 0 Å². The van der Waals surface area contributed by atoms with E-state index in [0.29, 0.717) is 5.75 Å². The minimum Gasteiger partial charge on any atom is -0.481 e. The third kappa shape index (κ3) is 4.56. The zero-order chi connectivity index (χ0) is 17.0. The highest BCUT2D eigenvalue weighted by atomic mass is 32.2. The number of rotatable bonds is 5. The van der Waals surface area contributed by atoms with Gasteiger partial charge in [0.1, 0.15) is 5.75 Å². The quantitative estimate of drug-likeness (QED) is 0.913. The van der Waals surface area contributed by atoms with E-state index in [1.54, 1.807) is 31.2 Å². The zero-order valence-electron chi connectivity index (χ0n) is 13.2. The predicted octanol–water partition coefficient (Wildman–Crippen LogP) is 2.80. The Morgan fingerprint density at radius 2 is 1.83 bits per heavy atom. The summed E-state index contributed by atoms with van der Waals surface area (Å²) in [7, 11) is -3.42. The Morgan fingerprint density at radius 1 is 1.13 bits per heavy atom. The third-order valence-electron chi connectivity index (χ3n) is 3.22. The summed E-state index contributed by atoms with van der Waals surface area (Å²) < 4.78 is 29.1. The highest BCUT2D eigenvalue weighted by Gasteiger charge is 2.19. The number of aryl methyl sites for hydroxylation is 1. The third-order valence-corrected chi connectivity index (χ3v) is 4.37. The van der Waals surface area contributed by atoms with E-state index >= 15 is 0 Å². The molecule has 0 spiro atoms. The summed E-state index contributed by atoms with van der Waals surface area (Å²) in [5, 5.41) is 2.61. The average Bonchev–Trinajstić information content (AvgIpc) is 2.46. The molecule has 1 amide bonds. The van der Waals surface area contributed by atoms with Crippen LogP contribution in [0.2, 0.25) is 0 Å². The van der Waals surface area contributed by atoms with Gasteiger partial charge < -0.3 is 10.1 Å². The second kappa shape index (κ2) is 6.83. The number of amides is 1. The monoisotopic (exact) mass is 333 g/mol. The maximum Gasteiger partial charge on any atom is 0.265 e. The van der Waals surface area contributed by atoms with Crippen LogP contribution in [0.1, 0.15) is 12.5 Å². The topological polar surface area (TPSA) is 72.5 Å². The molecule has 0 radical (unpaired) electrons. The Hall–Kier alpha value is -2.34. The van der Waals surface area contributed by atoms with Gasteiger partial charge in [-0.2, -0.15) is 0 Å². The molecule has 1 atom stereocenters.